The number of carbonyl (C=O) groups is 1. The Kier molecular flexibility index (Phi) is 6.36. The van der Waals surface area contributed by atoms with E-state index in [0.29, 0.717) is 6.54 Å². The summed E-state index contributed by atoms with van der Waals surface area (Å²) in [6.45, 7) is 5.31. The number of likely N-dealkylation sites (N-methyl/N-ethyl adjacent to an activating group) is 1. The predicted octanol–water partition coefficient (Wildman–Crippen LogP) is 1.89. The monoisotopic (exact) mass is 263 g/mol. The van der Waals surface area contributed by atoms with Crippen LogP contribution in [0.3, 0.4) is 0 Å². The molecule has 0 saturated heterocycles. The number of rotatable bonds is 7. The van der Waals surface area contributed by atoms with E-state index in [1.807, 2.05) is 43.1 Å². The van der Waals surface area contributed by atoms with Crippen LogP contribution in [-0.2, 0) is 11.3 Å². The van der Waals surface area contributed by atoms with Gasteiger partial charge >= 0.3 is 0 Å². The second-order valence-electron chi connectivity index (χ2n) is 4.80. The van der Waals surface area contributed by atoms with Gasteiger partial charge in [0, 0.05) is 25.8 Å². The van der Waals surface area contributed by atoms with Crippen LogP contribution in [-0.4, -0.2) is 25.5 Å². The van der Waals surface area contributed by atoms with Gasteiger partial charge in [-0.05, 0) is 31.0 Å². The number of carbonyl (C=O) groups excluding carboxylic acids is 1. The molecule has 0 bridgehead atoms. The molecule has 1 atom stereocenters. The summed E-state index contributed by atoms with van der Waals surface area (Å²) in [5, 5.41) is 2.96. The van der Waals surface area contributed by atoms with E-state index in [-0.39, 0.29) is 11.9 Å². The minimum atomic E-state index is -0.180. The molecule has 0 fully saturated rings. The van der Waals surface area contributed by atoms with Gasteiger partial charge in [-0.15, -0.1) is 0 Å². The summed E-state index contributed by atoms with van der Waals surface area (Å²) < 4.78 is 0. The predicted molar refractivity (Wildman–Crippen MR) is 80.1 cm³/mol. The Morgan fingerprint density at radius 2 is 2.00 bits per heavy atom. The van der Waals surface area contributed by atoms with E-state index in [4.69, 9.17) is 5.73 Å². The Labute approximate surface area is 116 Å². The topological polar surface area (TPSA) is 58.4 Å². The van der Waals surface area contributed by atoms with Crippen molar-refractivity contribution in [2.75, 3.05) is 18.5 Å². The molecule has 0 spiro atoms. The second-order valence-corrected chi connectivity index (χ2v) is 4.80. The van der Waals surface area contributed by atoms with Crippen molar-refractivity contribution in [3.8, 4) is 0 Å². The van der Waals surface area contributed by atoms with Gasteiger partial charge in [-0.1, -0.05) is 25.5 Å². The third-order valence-electron chi connectivity index (χ3n) is 3.37. The summed E-state index contributed by atoms with van der Waals surface area (Å²) in [4.78, 5) is 14.0. The quantitative estimate of drug-likeness (QED) is 0.739. The van der Waals surface area contributed by atoms with E-state index in [0.717, 1.165) is 30.6 Å². The molecule has 1 unspecified atom stereocenters. The third-order valence-corrected chi connectivity index (χ3v) is 3.37. The van der Waals surface area contributed by atoms with E-state index in [1.54, 1.807) is 0 Å². The van der Waals surface area contributed by atoms with E-state index in [9.17, 15) is 4.79 Å². The van der Waals surface area contributed by atoms with E-state index in [2.05, 4.69) is 12.2 Å². The minimum Gasteiger partial charge on any atom is -0.363 e. The highest BCUT2D eigenvalue weighted by Crippen LogP contribution is 2.16. The van der Waals surface area contributed by atoms with Crippen LogP contribution in [0.4, 0.5) is 5.69 Å². The van der Waals surface area contributed by atoms with Crippen molar-refractivity contribution < 1.29 is 4.79 Å². The van der Waals surface area contributed by atoms with Crippen LogP contribution in [0, 0.1) is 0 Å². The van der Waals surface area contributed by atoms with Gasteiger partial charge in [-0.2, -0.15) is 0 Å². The standard InChI is InChI=1S/C15H25N3O/c1-4-5-10-17-15(19)12(2)18(3)14-8-6-13(11-16)7-9-14/h6-9,12H,4-5,10-11,16H2,1-3H3,(H,17,19). The summed E-state index contributed by atoms with van der Waals surface area (Å²) in [7, 11) is 1.93. The number of anilines is 1. The van der Waals surface area contributed by atoms with Crippen molar-refractivity contribution in [3.05, 3.63) is 29.8 Å². The molecule has 106 valence electrons. The van der Waals surface area contributed by atoms with Crippen LogP contribution >= 0.6 is 0 Å². The summed E-state index contributed by atoms with van der Waals surface area (Å²) in [5.74, 6) is 0.0684. The number of hydrogen-bond acceptors (Lipinski definition) is 3. The highest BCUT2D eigenvalue weighted by atomic mass is 16.2. The summed E-state index contributed by atoms with van der Waals surface area (Å²) >= 11 is 0. The van der Waals surface area contributed by atoms with Gasteiger partial charge in [0.2, 0.25) is 5.91 Å². The lowest BCUT2D eigenvalue weighted by molar-refractivity contribution is -0.122. The molecule has 3 N–H and O–H groups in total. The lowest BCUT2D eigenvalue weighted by Gasteiger charge is -2.26. The Balaban J connectivity index is 2.59. The van der Waals surface area contributed by atoms with Crippen LogP contribution in [0.25, 0.3) is 0 Å². The molecule has 0 aromatic heterocycles. The van der Waals surface area contributed by atoms with Gasteiger partial charge in [0.05, 0.1) is 0 Å². The molecule has 0 heterocycles. The minimum absolute atomic E-state index is 0.0684. The van der Waals surface area contributed by atoms with Crippen LogP contribution in [0.15, 0.2) is 24.3 Å². The Morgan fingerprint density at radius 1 is 1.37 bits per heavy atom. The summed E-state index contributed by atoms with van der Waals surface area (Å²) in [5.41, 5.74) is 7.69. The first kappa shape index (κ1) is 15.5. The van der Waals surface area contributed by atoms with Gasteiger partial charge in [0.1, 0.15) is 6.04 Å². The molecular formula is C15H25N3O. The Hall–Kier alpha value is -1.55. The number of nitrogens with zero attached hydrogens (tertiary/aromatic N) is 1. The number of unbranched alkanes of at least 4 members (excludes halogenated alkanes) is 1. The molecule has 19 heavy (non-hydrogen) atoms. The van der Waals surface area contributed by atoms with Crippen molar-refractivity contribution >= 4 is 11.6 Å². The summed E-state index contributed by atoms with van der Waals surface area (Å²) in [6.07, 6.45) is 2.11. The first-order valence-corrected chi connectivity index (χ1v) is 6.89. The van der Waals surface area contributed by atoms with Crippen LogP contribution in [0.5, 0.6) is 0 Å². The van der Waals surface area contributed by atoms with Crippen molar-refractivity contribution in [1.82, 2.24) is 5.32 Å². The second kappa shape index (κ2) is 7.79. The van der Waals surface area contributed by atoms with Crippen LogP contribution < -0.4 is 16.0 Å². The summed E-state index contributed by atoms with van der Waals surface area (Å²) in [6, 6.07) is 7.80. The maximum atomic E-state index is 12.0. The maximum Gasteiger partial charge on any atom is 0.242 e. The third kappa shape index (κ3) is 4.56. The first-order valence-electron chi connectivity index (χ1n) is 6.89. The number of nitrogens with one attached hydrogen (secondary N) is 1. The Bertz CT molecular complexity index is 389. The van der Waals surface area contributed by atoms with E-state index >= 15 is 0 Å². The molecular weight excluding hydrogens is 238 g/mol. The van der Waals surface area contributed by atoms with Crippen molar-refractivity contribution in [3.63, 3.8) is 0 Å². The van der Waals surface area contributed by atoms with Crippen molar-refractivity contribution in [2.45, 2.75) is 39.3 Å². The highest BCUT2D eigenvalue weighted by Gasteiger charge is 2.17. The molecule has 0 aliphatic heterocycles. The zero-order valence-corrected chi connectivity index (χ0v) is 12.1. The first-order chi connectivity index (χ1) is 9.10. The van der Waals surface area contributed by atoms with E-state index in [1.165, 1.54) is 0 Å². The molecule has 0 aliphatic carbocycles. The number of benzene rings is 1. The average molecular weight is 263 g/mol. The average Bonchev–Trinajstić information content (AvgIpc) is 2.46. The van der Waals surface area contributed by atoms with E-state index < -0.39 is 0 Å². The van der Waals surface area contributed by atoms with Gasteiger partial charge in [0.15, 0.2) is 0 Å². The van der Waals surface area contributed by atoms with Crippen LogP contribution in [0.1, 0.15) is 32.3 Å². The molecule has 4 heteroatoms. The fourth-order valence-corrected chi connectivity index (χ4v) is 1.80. The molecule has 0 aliphatic rings. The Morgan fingerprint density at radius 3 is 2.53 bits per heavy atom. The smallest absolute Gasteiger partial charge is 0.242 e. The lowest BCUT2D eigenvalue weighted by atomic mass is 10.1. The van der Waals surface area contributed by atoms with Gasteiger partial charge in [0.25, 0.3) is 0 Å². The maximum absolute atomic E-state index is 12.0. The van der Waals surface area contributed by atoms with Gasteiger partial charge in [-0.25, -0.2) is 0 Å². The molecule has 4 nitrogen and oxygen atoms in total. The molecule has 1 rings (SSSR count). The SMILES string of the molecule is CCCCNC(=O)C(C)N(C)c1ccc(CN)cc1. The largest absolute Gasteiger partial charge is 0.363 e. The molecule has 0 saturated carbocycles. The lowest BCUT2D eigenvalue weighted by Crippen LogP contribution is -2.43. The fourth-order valence-electron chi connectivity index (χ4n) is 1.80. The van der Waals surface area contributed by atoms with Crippen LogP contribution in [0.2, 0.25) is 0 Å². The molecule has 0 radical (unpaired) electrons. The molecule has 1 aromatic rings. The highest BCUT2D eigenvalue weighted by molar-refractivity contribution is 5.84. The molecule has 1 amide bonds. The number of hydrogen-bond donors (Lipinski definition) is 2. The number of nitrogens with two attached hydrogens (primary N) is 1. The normalized spacial score (nSPS) is 12.0. The fraction of sp³-hybridized carbons (Fsp3) is 0.533. The van der Waals surface area contributed by atoms with Crippen molar-refractivity contribution in [2.24, 2.45) is 5.73 Å². The van der Waals surface area contributed by atoms with Gasteiger partial charge in [-0.3, -0.25) is 4.79 Å². The zero-order valence-electron chi connectivity index (χ0n) is 12.1. The van der Waals surface area contributed by atoms with Gasteiger partial charge < -0.3 is 16.0 Å². The number of amides is 1. The molecule has 1 aromatic carbocycles. The van der Waals surface area contributed by atoms with Crippen molar-refractivity contribution in [1.29, 1.82) is 0 Å². The zero-order chi connectivity index (χ0) is 14.3.